The summed E-state index contributed by atoms with van der Waals surface area (Å²) in [5.74, 6) is -0.0828. The highest BCUT2D eigenvalue weighted by molar-refractivity contribution is 7.09. The minimum absolute atomic E-state index is 0.00525. The number of carbonyl (C=O) groups is 1. The van der Waals surface area contributed by atoms with Gasteiger partial charge in [0.05, 0.1) is 6.54 Å². The van der Waals surface area contributed by atoms with Crippen molar-refractivity contribution >= 4 is 23.1 Å². The van der Waals surface area contributed by atoms with Crippen molar-refractivity contribution in [2.24, 2.45) is 16.3 Å². The molecule has 21 heavy (non-hydrogen) atoms. The van der Waals surface area contributed by atoms with Gasteiger partial charge in [-0.05, 0) is 38.1 Å². The molecule has 3 N–H and O–H groups in total. The first-order valence-electron chi connectivity index (χ1n) is 7.24. The molecule has 0 atom stereocenters. The number of thiophene rings is 1. The van der Waals surface area contributed by atoms with E-state index < -0.39 is 5.41 Å². The number of amidine groups is 1. The molecular weight excluding hydrogens is 286 g/mol. The van der Waals surface area contributed by atoms with E-state index in [2.05, 4.69) is 5.16 Å². The smallest absolute Gasteiger partial charge is 0.237 e. The monoisotopic (exact) mass is 311 g/mol. The molecule has 1 aromatic rings. The van der Waals surface area contributed by atoms with Gasteiger partial charge < -0.3 is 15.8 Å². The molecule has 1 heterocycles. The Morgan fingerprint density at radius 3 is 2.48 bits per heavy atom. The van der Waals surface area contributed by atoms with Gasteiger partial charge in [0.1, 0.15) is 5.41 Å². The molecule has 5 nitrogen and oxygen atoms in total. The van der Waals surface area contributed by atoms with Crippen LogP contribution in [0.25, 0.3) is 0 Å². The summed E-state index contributed by atoms with van der Waals surface area (Å²) in [5.41, 5.74) is 4.91. The van der Waals surface area contributed by atoms with Gasteiger partial charge in [-0.15, -0.1) is 11.3 Å². The van der Waals surface area contributed by atoms with Crippen LogP contribution in [0.5, 0.6) is 0 Å². The summed E-state index contributed by atoms with van der Waals surface area (Å²) in [6.07, 6.45) is 1.01. The maximum atomic E-state index is 13.1. The van der Waals surface area contributed by atoms with Crippen LogP contribution in [0.2, 0.25) is 0 Å². The molecule has 0 fully saturated rings. The Bertz CT molecular complexity index is 479. The Kier molecular flexibility index (Phi) is 6.20. The number of nitrogens with zero attached hydrogens (tertiary/aromatic N) is 2. The molecule has 0 aliphatic heterocycles. The number of carbonyl (C=O) groups excluding carboxylic acids is 1. The number of nitrogens with two attached hydrogens (primary N) is 1. The van der Waals surface area contributed by atoms with Crippen molar-refractivity contribution in [1.82, 2.24) is 4.90 Å². The van der Waals surface area contributed by atoms with Gasteiger partial charge in [-0.2, -0.15) is 0 Å². The number of amides is 1. The Hall–Kier alpha value is -1.56. The van der Waals surface area contributed by atoms with Gasteiger partial charge in [0, 0.05) is 10.9 Å². The van der Waals surface area contributed by atoms with E-state index in [0.29, 0.717) is 19.4 Å². The lowest BCUT2D eigenvalue weighted by molar-refractivity contribution is -0.141. The summed E-state index contributed by atoms with van der Waals surface area (Å²) in [6.45, 7) is 8.29. The molecule has 0 aliphatic carbocycles. The number of oxime groups is 1. The summed E-state index contributed by atoms with van der Waals surface area (Å²) >= 11 is 1.62. The quantitative estimate of drug-likeness (QED) is 0.351. The van der Waals surface area contributed by atoms with Crippen molar-refractivity contribution in [1.29, 1.82) is 0 Å². The molecule has 6 heteroatoms. The van der Waals surface area contributed by atoms with Gasteiger partial charge in [0.25, 0.3) is 0 Å². The maximum absolute atomic E-state index is 13.1. The summed E-state index contributed by atoms with van der Waals surface area (Å²) in [5, 5.41) is 14.2. The van der Waals surface area contributed by atoms with Crippen LogP contribution >= 0.6 is 11.3 Å². The molecule has 0 aromatic carbocycles. The Morgan fingerprint density at radius 1 is 1.48 bits per heavy atom. The van der Waals surface area contributed by atoms with Crippen LogP contribution in [-0.2, 0) is 11.3 Å². The molecule has 1 aromatic heterocycles. The molecule has 118 valence electrons. The van der Waals surface area contributed by atoms with Crippen LogP contribution in [0.15, 0.2) is 22.7 Å². The average molecular weight is 311 g/mol. The first-order valence-corrected chi connectivity index (χ1v) is 8.12. The van der Waals surface area contributed by atoms with E-state index in [1.54, 1.807) is 16.2 Å². The van der Waals surface area contributed by atoms with E-state index in [0.717, 1.165) is 4.88 Å². The predicted octanol–water partition coefficient (Wildman–Crippen LogP) is 3.04. The van der Waals surface area contributed by atoms with Gasteiger partial charge in [0.15, 0.2) is 5.84 Å². The Morgan fingerprint density at radius 2 is 2.10 bits per heavy atom. The van der Waals surface area contributed by atoms with Crippen LogP contribution < -0.4 is 5.73 Å². The molecule has 0 unspecified atom stereocenters. The summed E-state index contributed by atoms with van der Waals surface area (Å²) in [6, 6.07) is 4.03. The van der Waals surface area contributed by atoms with Gasteiger partial charge in [-0.3, -0.25) is 4.79 Å². The van der Waals surface area contributed by atoms with E-state index >= 15 is 0 Å². The summed E-state index contributed by atoms with van der Waals surface area (Å²) < 4.78 is 0. The van der Waals surface area contributed by atoms with Crippen LogP contribution in [0, 0.1) is 5.41 Å². The highest BCUT2D eigenvalue weighted by Crippen LogP contribution is 2.31. The largest absolute Gasteiger partial charge is 0.409 e. The van der Waals surface area contributed by atoms with Crippen LogP contribution in [0.3, 0.4) is 0 Å². The second-order valence-electron chi connectivity index (χ2n) is 5.38. The van der Waals surface area contributed by atoms with Crippen molar-refractivity contribution < 1.29 is 10.0 Å². The lowest BCUT2D eigenvalue weighted by Gasteiger charge is -2.37. The minimum Gasteiger partial charge on any atom is -0.409 e. The zero-order chi connectivity index (χ0) is 16.0. The first kappa shape index (κ1) is 17.5. The molecule has 0 aliphatic rings. The van der Waals surface area contributed by atoms with Crippen molar-refractivity contribution in [3.05, 3.63) is 22.4 Å². The van der Waals surface area contributed by atoms with Crippen molar-refractivity contribution in [2.45, 2.75) is 53.1 Å². The molecule has 0 radical (unpaired) electrons. The fourth-order valence-electron chi connectivity index (χ4n) is 2.45. The highest BCUT2D eigenvalue weighted by atomic mass is 32.1. The third-order valence-electron chi connectivity index (χ3n) is 4.01. The Balaban J connectivity index is 3.13. The van der Waals surface area contributed by atoms with Crippen LogP contribution in [0.4, 0.5) is 0 Å². The zero-order valence-electron chi connectivity index (χ0n) is 13.2. The molecule has 0 saturated heterocycles. The molecular formula is C15H25N3O2S. The standard InChI is InChI=1S/C15H25N3O2S/c1-5-15(6-2,13(16)17-20)14(19)18(11(3)4)10-12-8-7-9-21-12/h7-9,11,20H,5-6,10H2,1-4H3,(H2,16,17). The van der Waals surface area contributed by atoms with Crippen molar-refractivity contribution in [2.75, 3.05) is 0 Å². The lowest BCUT2D eigenvalue weighted by atomic mass is 9.79. The van der Waals surface area contributed by atoms with E-state index in [-0.39, 0.29) is 17.8 Å². The number of hydrogen-bond acceptors (Lipinski definition) is 4. The second-order valence-corrected chi connectivity index (χ2v) is 6.41. The van der Waals surface area contributed by atoms with Gasteiger partial charge >= 0.3 is 0 Å². The predicted molar refractivity (Wildman–Crippen MR) is 86.4 cm³/mol. The van der Waals surface area contributed by atoms with Gasteiger partial charge in [0.2, 0.25) is 5.91 Å². The van der Waals surface area contributed by atoms with Crippen molar-refractivity contribution in [3.63, 3.8) is 0 Å². The second kappa shape index (κ2) is 7.45. The highest BCUT2D eigenvalue weighted by Gasteiger charge is 2.43. The zero-order valence-corrected chi connectivity index (χ0v) is 14.0. The first-order chi connectivity index (χ1) is 9.92. The molecule has 0 bridgehead atoms. The maximum Gasteiger partial charge on any atom is 0.237 e. The normalized spacial score (nSPS) is 12.7. The molecule has 1 amide bonds. The average Bonchev–Trinajstić information content (AvgIpc) is 2.98. The molecule has 1 rings (SSSR count). The SMILES string of the molecule is CCC(CC)(C(=O)N(Cc1cccs1)C(C)C)C(N)=NO. The third kappa shape index (κ3) is 3.56. The minimum atomic E-state index is -0.934. The number of rotatable bonds is 7. The van der Waals surface area contributed by atoms with E-state index in [9.17, 15) is 4.79 Å². The van der Waals surface area contributed by atoms with E-state index in [1.165, 1.54) is 0 Å². The lowest BCUT2D eigenvalue weighted by Crippen LogP contribution is -2.52. The molecule has 0 spiro atoms. The number of hydrogen-bond donors (Lipinski definition) is 2. The van der Waals surface area contributed by atoms with E-state index in [4.69, 9.17) is 10.9 Å². The van der Waals surface area contributed by atoms with Gasteiger partial charge in [-0.1, -0.05) is 25.1 Å². The van der Waals surface area contributed by atoms with Crippen LogP contribution in [-0.4, -0.2) is 27.9 Å². The molecule has 0 saturated carbocycles. The summed E-state index contributed by atoms with van der Waals surface area (Å²) in [7, 11) is 0. The van der Waals surface area contributed by atoms with E-state index in [1.807, 2.05) is 45.2 Å². The van der Waals surface area contributed by atoms with Gasteiger partial charge in [-0.25, -0.2) is 0 Å². The third-order valence-corrected chi connectivity index (χ3v) is 4.87. The van der Waals surface area contributed by atoms with Crippen molar-refractivity contribution in [3.8, 4) is 0 Å². The fraction of sp³-hybridized carbons (Fsp3) is 0.600. The topological polar surface area (TPSA) is 78.9 Å². The Labute approximate surface area is 130 Å². The summed E-state index contributed by atoms with van der Waals surface area (Å²) in [4.78, 5) is 16.0. The fourth-order valence-corrected chi connectivity index (χ4v) is 3.16. The van der Waals surface area contributed by atoms with Crippen LogP contribution in [0.1, 0.15) is 45.4 Å².